The van der Waals surface area contributed by atoms with Crippen molar-refractivity contribution in [2.24, 2.45) is 5.92 Å². The largest absolute Gasteiger partial charge is 0.358 e. The minimum Gasteiger partial charge on any atom is -0.358 e. The second-order valence-corrected chi connectivity index (χ2v) is 4.62. The highest BCUT2D eigenvalue weighted by molar-refractivity contribution is 7.80. The van der Waals surface area contributed by atoms with Crippen molar-refractivity contribution in [2.45, 2.75) is 20.4 Å². The standard InChI is InChI=1S/C12H15NS/c1-9(2)7-13-8-10-5-3-4-6-11(10)12(13)14/h3-6,9H,7-8H2,1-2H3. The van der Waals surface area contributed by atoms with E-state index in [1.54, 1.807) is 0 Å². The van der Waals surface area contributed by atoms with Crippen molar-refractivity contribution in [1.29, 1.82) is 0 Å². The first-order valence-electron chi connectivity index (χ1n) is 5.05. The lowest BCUT2D eigenvalue weighted by atomic mass is 10.1. The molecule has 0 radical (unpaired) electrons. The summed E-state index contributed by atoms with van der Waals surface area (Å²) in [5.74, 6) is 0.669. The fourth-order valence-electron chi connectivity index (χ4n) is 1.90. The lowest BCUT2D eigenvalue weighted by Gasteiger charge is -2.20. The van der Waals surface area contributed by atoms with Gasteiger partial charge in [-0.1, -0.05) is 50.3 Å². The van der Waals surface area contributed by atoms with Crippen LogP contribution in [0, 0.1) is 5.92 Å². The Morgan fingerprint density at radius 3 is 2.71 bits per heavy atom. The van der Waals surface area contributed by atoms with Crippen LogP contribution in [-0.4, -0.2) is 16.4 Å². The molecule has 1 aliphatic rings. The predicted octanol–water partition coefficient (Wildman–Crippen LogP) is 2.83. The average Bonchev–Trinajstić information content (AvgIpc) is 2.44. The Bertz CT molecular complexity index is 357. The maximum absolute atomic E-state index is 5.44. The maximum Gasteiger partial charge on any atom is 0.109 e. The second kappa shape index (κ2) is 3.70. The molecular weight excluding hydrogens is 190 g/mol. The van der Waals surface area contributed by atoms with Gasteiger partial charge in [0.2, 0.25) is 0 Å². The summed E-state index contributed by atoms with van der Waals surface area (Å²) in [5.41, 5.74) is 2.63. The summed E-state index contributed by atoms with van der Waals surface area (Å²) in [5, 5.41) is 0. The lowest BCUT2D eigenvalue weighted by Crippen LogP contribution is -2.27. The Labute approximate surface area is 90.7 Å². The zero-order valence-electron chi connectivity index (χ0n) is 8.66. The molecule has 14 heavy (non-hydrogen) atoms. The number of fused-ring (bicyclic) bond motifs is 1. The van der Waals surface area contributed by atoms with Crippen LogP contribution < -0.4 is 0 Å². The van der Waals surface area contributed by atoms with Gasteiger partial charge >= 0.3 is 0 Å². The van der Waals surface area contributed by atoms with Gasteiger partial charge in [0.1, 0.15) is 4.99 Å². The van der Waals surface area contributed by atoms with Crippen molar-refractivity contribution >= 4 is 17.2 Å². The van der Waals surface area contributed by atoms with E-state index in [1.165, 1.54) is 11.1 Å². The fourth-order valence-corrected chi connectivity index (χ4v) is 2.24. The second-order valence-electron chi connectivity index (χ2n) is 4.24. The monoisotopic (exact) mass is 205 g/mol. The van der Waals surface area contributed by atoms with Gasteiger partial charge in [0, 0.05) is 18.7 Å². The van der Waals surface area contributed by atoms with Gasteiger partial charge in [-0.15, -0.1) is 0 Å². The smallest absolute Gasteiger partial charge is 0.109 e. The molecule has 1 heterocycles. The highest BCUT2D eigenvalue weighted by Gasteiger charge is 2.23. The predicted molar refractivity (Wildman–Crippen MR) is 63.4 cm³/mol. The van der Waals surface area contributed by atoms with Gasteiger partial charge in [-0.2, -0.15) is 0 Å². The summed E-state index contributed by atoms with van der Waals surface area (Å²) < 4.78 is 0. The molecule has 1 aromatic carbocycles. The molecule has 2 heteroatoms. The van der Waals surface area contributed by atoms with E-state index < -0.39 is 0 Å². The Hall–Kier alpha value is -0.890. The Morgan fingerprint density at radius 1 is 1.36 bits per heavy atom. The van der Waals surface area contributed by atoms with Gasteiger partial charge in [0.05, 0.1) is 0 Å². The first kappa shape index (κ1) is 9.66. The fraction of sp³-hybridized carbons (Fsp3) is 0.417. The molecule has 0 N–H and O–H groups in total. The molecule has 0 aliphatic carbocycles. The quantitative estimate of drug-likeness (QED) is 0.683. The lowest BCUT2D eigenvalue weighted by molar-refractivity contribution is 0.377. The number of thiocarbonyl (C=S) groups is 1. The molecule has 0 saturated carbocycles. The number of nitrogens with zero attached hydrogens (tertiary/aromatic N) is 1. The van der Waals surface area contributed by atoms with Crippen molar-refractivity contribution in [3.8, 4) is 0 Å². The van der Waals surface area contributed by atoms with E-state index in [1.807, 2.05) is 0 Å². The highest BCUT2D eigenvalue weighted by Crippen LogP contribution is 2.23. The van der Waals surface area contributed by atoms with Crippen molar-refractivity contribution in [3.63, 3.8) is 0 Å². The maximum atomic E-state index is 5.44. The Morgan fingerprint density at radius 2 is 2.07 bits per heavy atom. The average molecular weight is 205 g/mol. The van der Waals surface area contributed by atoms with Crippen LogP contribution in [0.2, 0.25) is 0 Å². The third-order valence-corrected chi connectivity index (χ3v) is 2.96. The summed E-state index contributed by atoms with van der Waals surface area (Å²) in [6.45, 7) is 6.51. The summed E-state index contributed by atoms with van der Waals surface area (Å²) in [7, 11) is 0. The summed E-state index contributed by atoms with van der Waals surface area (Å²) >= 11 is 5.44. The van der Waals surface area contributed by atoms with E-state index in [4.69, 9.17) is 12.2 Å². The van der Waals surface area contributed by atoms with E-state index in [-0.39, 0.29) is 0 Å². The van der Waals surface area contributed by atoms with Crippen LogP contribution in [-0.2, 0) is 6.54 Å². The van der Waals surface area contributed by atoms with Gasteiger partial charge in [-0.25, -0.2) is 0 Å². The topological polar surface area (TPSA) is 3.24 Å². The minimum absolute atomic E-state index is 0.669. The molecule has 0 amide bonds. The van der Waals surface area contributed by atoms with Crippen molar-refractivity contribution < 1.29 is 0 Å². The normalized spacial score (nSPS) is 15.1. The first-order chi connectivity index (χ1) is 6.68. The van der Waals surface area contributed by atoms with Gasteiger partial charge in [0.25, 0.3) is 0 Å². The molecule has 74 valence electrons. The molecule has 1 nitrogen and oxygen atoms in total. The Kier molecular flexibility index (Phi) is 2.55. The third kappa shape index (κ3) is 1.67. The van der Waals surface area contributed by atoms with E-state index >= 15 is 0 Å². The van der Waals surface area contributed by atoms with E-state index in [9.17, 15) is 0 Å². The molecule has 2 rings (SSSR count). The SMILES string of the molecule is CC(C)CN1Cc2ccccc2C1=S. The van der Waals surface area contributed by atoms with E-state index in [2.05, 4.69) is 43.0 Å². The van der Waals surface area contributed by atoms with Crippen LogP contribution in [0.4, 0.5) is 0 Å². The molecule has 0 spiro atoms. The Balaban J connectivity index is 2.21. The van der Waals surface area contributed by atoms with Gasteiger partial charge in [-0.3, -0.25) is 0 Å². The molecule has 0 bridgehead atoms. The number of rotatable bonds is 2. The van der Waals surface area contributed by atoms with E-state index in [0.717, 1.165) is 18.1 Å². The molecule has 0 atom stereocenters. The van der Waals surface area contributed by atoms with Gasteiger partial charge < -0.3 is 4.90 Å². The molecule has 0 unspecified atom stereocenters. The minimum atomic E-state index is 0.669. The van der Waals surface area contributed by atoms with Crippen LogP contribution in [0.5, 0.6) is 0 Å². The molecule has 1 aromatic rings. The number of benzene rings is 1. The summed E-state index contributed by atoms with van der Waals surface area (Å²) in [4.78, 5) is 3.32. The number of hydrogen-bond acceptors (Lipinski definition) is 1. The molecule has 0 aromatic heterocycles. The van der Waals surface area contributed by atoms with Crippen LogP contribution in [0.15, 0.2) is 24.3 Å². The van der Waals surface area contributed by atoms with Gasteiger partial charge in [0.15, 0.2) is 0 Å². The van der Waals surface area contributed by atoms with Crippen molar-refractivity contribution in [1.82, 2.24) is 4.90 Å². The zero-order valence-corrected chi connectivity index (χ0v) is 9.47. The first-order valence-corrected chi connectivity index (χ1v) is 5.46. The van der Waals surface area contributed by atoms with Gasteiger partial charge in [-0.05, 0) is 11.5 Å². The molecule has 0 saturated heterocycles. The van der Waals surface area contributed by atoms with Crippen LogP contribution in [0.25, 0.3) is 0 Å². The van der Waals surface area contributed by atoms with Crippen molar-refractivity contribution in [2.75, 3.05) is 6.54 Å². The molecule has 0 fully saturated rings. The van der Waals surface area contributed by atoms with Crippen LogP contribution >= 0.6 is 12.2 Å². The molecular formula is C12H15NS. The van der Waals surface area contributed by atoms with Crippen molar-refractivity contribution in [3.05, 3.63) is 35.4 Å². The third-order valence-electron chi connectivity index (χ3n) is 2.48. The van der Waals surface area contributed by atoms with Crippen LogP contribution in [0.3, 0.4) is 0 Å². The zero-order chi connectivity index (χ0) is 10.1. The highest BCUT2D eigenvalue weighted by atomic mass is 32.1. The molecule has 1 aliphatic heterocycles. The van der Waals surface area contributed by atoms with E-state index in [0.29, 0.717) is 5.92 Å². The summed E-state index contributed by atoms with van der Waals surface area (Å²) in [6, 6.07) is 8.43. The van der Waals surface area contributed by atoms with Crippen LogP contribution in [0.1, 0.15) is 25.0 Å². The number of hydrogen-bond donors (Lipinski definition) is 0. The summed E-state index contributed by atoms with van der Waals surface area (Å²) in [6.07, 6.45) is 0.